The van der Waals surface area contributed by atoms with Crippen molar-refractivity contribution >= 4 is 20.8 Å². The molecule has 0 N–H and O–H groups in total. The predicted molar refractivity (Wildman–Crippen MR) is 94.8 cm³/mol. The standard InChI is InChI=1S/C18H24N2O3Si/c1-17(2,3)24-23-18(4,5)14-9-11-13(22-14)10-19-12-7-8-15(21-6)20-16(11)12/h7-8,10,14H,9H2,1-6H3. The van der Waals surface area contributed by atoms with E-state index in [1.165, 1.54) is 0 Å². The fourth-order valence-electron chi connectivity index (χ4n) is 2.61. The van der Waals surface area contributed by atoms with Crippen LogP contribution in [0.15, 0.2) is 18.3 Å². The average Bonchev–Trinajstić information content (AvgIpc) is 2.97. The van der Waals surface area contributed by atoms with Gasteiger partial charge in [0.1, 0.15) is 11.9 Å². The molecule has 1 aliphatic heterocycles. The Labute approximate surface area is 145 Å². The summed E-state index contributed by atoms with van der Waals surface area (Å²) >= 11 is 0. The lowest BCUT2D eigenvalue weighted by Crippen LogP contribution is -2.44. The Morgan fingerprint density at radius 1 is 1.21 bits per heavy atom. The summed E-state index contributed by atoms with van der Waals surface area (Å²) in [6.07, 6.45) is 2.49. The first-order chi connectivity index (χ1) is 11.2. The van der Waals surface area contributed by atoms with Gasteiger partial charge >= 0.3 is 0 Å². The molecule has 0 saturated heterocycles. The molecule has 128 valence electrons. The molecule has 0 amide bonds. The Morgan fingerprint density at radius 2 is 1.96 bits per heavy atom. The molecule has 1 atom stereocenters. The van der Waals surface area contributed by atoms with Crippen molar-refractivity contribution in [1.29, 1.82) is 0 Å². The molecule has 6 heteroatoms. The van der Waals surface area contributed by atoms with Gasteiger partial charge < -0.3 is 13.9 Å². The van der Waals surface area contributed by atoms with Gasteiger partial charge in [0.2, 0.25) is 15.6 Å². The molecule has 5 nitrogen and oxygen atoms in total. The highest BCUT2D eigenvalue weighted by Crippen LogP contribution is 2.38. The van der Waals surface area contributed by atoms with Gasteiger partial charge in [0.05, 0.1) is 29.9 Å². The third-order valence-corrected chi connectivity index (χ3v) is 5.26. The van der Waals surface area contributed by atoms with Crippen molar-refractivity contribution in [1.82, 2.24) is 9.97 Å². The van der Waals surface area contributed by atoms with Crippen LogP contribution in [0.4, 0.5) is 0 Å². The second kappa shape index (κ2) is 6.00. The number of rotatable bonds is 4. The van der Waals surface area contributed by atoms with E-state index in [9.17, 15) is 0 Å². The normalized spacial score (nSPS) is 17.7. The maximum absolute atomic E-state index is 6.20. The lowest BCUT2D eigenvalue weighted by atomic mass is 9.97. The lowest BCUT2D eigenvalue weighted by Gasteiger charge is -2.33. The van der Waals surface area contributed by atoms with Crippen molar-refractivity contribution in [2.75, 3.05) is 7.11 Å². The number of hydrogen-bond donors (Lipinski definition) is 0. The van der Waals surface area contributed by atoms with E-state index in [4.69, 9.17) is 13.9 Å². The maximum atomic E-state index is 6.20. The van der Waals surface area contributed by atoms with Crippen LogP contribution >= 0.6 is 0 Å². The minimum Gasteiger partial charge on any atom is -0.485 e. The van der Waals surface area contributed by atoms with Crippen molar-refractivity contribution in [3.63, 3.8) is 0 Å². The van der Waals surface area contributed by atoms with Gasteiger partial charge in [0.15, 0.2) is 0 Å². The third kappa shape index (κ3) is 3.39. The van der Waals surface area contributed by atoms with E-state index in [2.05, 4.69) is 44.6 Å². The molecule has 2 aromatic rings. The Hall–Kier alpha value is -1.66. The van der Waals surface area contributed by atoms with E-state index < -0.39 is 0 Å². The Bertz CT molecular complexity index is 756. The van der Waals surface area contributed by atoms with Gasteiger partial charge in [-0.3, -0.25) is 4.98 Å². The third-order valence-electron chi connectivity index (χ3n) is 4.02. The van der Waals surface area contributed by atoms with Gasteiger partial charge in [-0.25, -0.2) is 4.98 Å². The molecule has 0 bridgehead atoms. The van der Waals surface area contributed by atoms with E-state index in [0.717, 1.165) is 28.8 Å². The van der Waals surface area contributed by atoms with E-state index in [-0.39, 0.29) is 16.7 Å². The predicted octanol–water partition coefficient (Wildman–Crippen LogP) is 3.57. The number of pyridine rings is 2. The number of methoxy groups -OCH3 is 1. The summed E-state index contributed by atoms with van der Waals surface area (Å²) in [6.45, 7) is 10.7. The zero-order chi connectivity index (χ0) is 17.5. The van der Waals surface area contributed by atoms with Crippen molar-refractivity contribution in [2.45, 2.75) is 57.8 Å². The topological polar surface area (TPSA) is 53.5 Å². The van der Waals surface area contributed by atoms with Crippen LogP contribution in [-0.2, 0) is 10.8 Å². The lowest BCUT2D eigenvalue weighted by molar-refractivity contribution is -0.00246. The SMILES string of the molecule is COc1ccc2ncc3c(c2n1)CC(C(C)(C)O[Si]C(C)(C)C)O3. The molecule has 0 saturated carbocycles. The molecule has 2 aromatic heterocycles. The summed E-state index contributed by atoms with van der Waals surface area (Å²) in [4.78, 5) is 9.01. The van der Waals surface area contributed by atoms with Crippen molar-refractivity contribution < 1.29 is 13.9 Å². The van der Waals surface area contributed by atoms with Crippen LogP contribution in [0.1, 0.15) is 40.2 Å². The highest BCUT2D eigenvalue weighted by atomic mass is 28.2. The fraction of sp³-hybridized carbons (Fsp3) is 0.556. The molecule has 2 radical (unpaired) electrons. The molecule has 0 aromatic carbocycles. The van der Waals surface area contributed by atoms with E-state index in [1.807, 2.05) is 12.1 Å². The smallest absolute Gasteiger partial charge is 0.236 e. The summed E-state index contributed by atoms with van der Waals surface area (Å²) in [5, 5.41) is 0.145. The van der Waals surface area contributed by atoms with E-state index in [1.54, 1.807) is 13.3 Å². The average molecular weight is 344 g/mol. The molecule has 1 unspecified atom stereocenters. The van der Waals surface area contributed by atoms with Crippen LogP contribution in [0.2, 0.25) is 5.04 Å². The van der Waals surface area contributed by atoms with Gasteiger partial charge in [-0.05, 0) is 25.0 Å². The van der Waals surface area contributed by atoms with Gasteiger partial charge in [-0.15, -0.1) is 0 Å². The molecular formula is C18H24N2O3Si. The van der Waals surface area contributed by atoms with Crippen LogP contribution in [0, 0.1) is 0 Å². The Balaban J connectivity index is 1.87. The van der Waals surface area contributed by atoms with Crippen LogP contribution in [-0.4, -0.2) is 38.5 Å². The van der Waals surface area contributed by atoms with Crippen LogP contribution < -0.4 is 9.47 Å². The first-order valence-corrected chi connectivity index (χ1v) is 9.05. The molecule has 0 aliphatic carbocycles. The van der Waals surface area contributed by atoms with Crippen molar-refractivity contribution in [3.05, 3.63) is 23.9 Å². The summed E-state index contributed by atoms with van der Waals surface area (Å²) in [7, 11) is 2.03. The van der Waals surface area contributed by atoms with Gasteiger partial charge in [-0.2, -0.15) is 0 Å². The minimum absolute atomic E-state index is 0.0530. The van der Waals surface area contributed by atoms with E-state index >= 15 is 0 Å². The number of hydrogen-bond acceptors (Lipinski definition) is 5. The zero-order valence-corrected chi connectivity index (χ0v) is 16.1. The summed E-state index contributed by atoms with van der Waals surface area (Å²) in [6, 6.07) is 3.75. The summed E-state index contributed by atoms with van der Waals surface area (Å²) < 4.78 is 17.6. The number of aromatic nitrogens is 2. The molecule has 0 spiro atoms. The molecule has 0 fully saturated rings. The minimum atomic E-state index is -0.379. The quantitative estimate of drug-likeness (QED) is 0.794. The van der Waals surface area contributed by atoms with Gasteiger partial charge in [0, 0.05) is 18.1 Å². The second-order valence-corrected chi connectivity index (χ2v) is 9.60. The zero-order valence-electron chi connectivity index (χ0n) is 15.1. The number of fused-ring (bicyclic) bond motifs is 3. The first kappa shape index (κ1) is 17.2. The number of nitrogens with zero attached hydrogens (tertiary/aromatic N) is 2. The number of ether oxygens (including phenoxy) is 2. The van der Waals surface area contributed by atoms with Crippen LogP contribution in [0.3, 0.4) is 0 Å². The Kier molecular flexibility index (Phi) is 4.30. The van der Waals surface area contributed by atoms with Crippen LogP contribution in [0.5, 0.6) is 11.6 Å². The molecular weight excluding hydrogens is 320 g/mol. The van der Waals surface area contributed by atoms with Crippen molar-refractivity contribution in [3.8, 4) is 11.6 Å². The first-order valence-electron chi connectivity index (χ1n) is 8.14. The maximum Gasteiger partial charge on any atom is 0.236 e. The highest BCUT2D eigenvalue weighted by molar-refractivity contribution is 6.31. The monoisotopic (exact) mass is 344 g/mol. The summed E-state index contributed by atoms with van der Waals surface area (Å²) in [5.41, 5.74) is 2.41. The molecule has 3 heterocycles. The van der Waals surface area contributed by atoms with Gasteiger partial charge in [0.25, 0.3) is 0 Å². The van der Waals surface area contributed by atoms with Crippen LogP contribution in [0.25, 0.3) is 11.0 Å². The molecule has 24 heavy (non-hydrogen) atoms. The largest absolute Gasteiger partial charge is 0.485 e. The molecule has 1 aliphatic rings. The summed E-state index contributed by atoms with van der Waals surface area (Å²) in [5.74, 6) is 1.38. The Morgan fingerprint density at radius 3 is 2.62 bits per heavy atom. The fourth-order valence-corrected chi connectivity index (χ4v) is 3.31. The highest BCUT2D eigenvalue weighted by Gasteiger charge is 2.39. The molecule has 3 rings (SSSR count). The second-order valence-electron chi connectivity index (χ2n) is 7.69. The van der Waals surface area contributed by atoms with Crippen molar-refractivity contribution in [2.24, 2.45) is 0 Å². The van der Waals surface area contributed by atoms with E-state index in [0.29, 0.717) is 15.6 Å². The van der Waals surface area contributed by atoms with Gasteiger partial charge in [-0.1, -0.05) is 20.8 Å².